The van der Waals surface area contributed by atoms with Crippen molar-refractivity contribution in [2.45, 2.75) is 0 Å². The normalized spacial score (nSPS) is 10.7. The summed E-state index contributed by atoms with van der Waals surface area (Å²) in [5, 5.41) is 15.7. The van der Waals surface area contributed by atoms with Crippen molar-refractivity contribution in [3.05, 3.63) is 36.7 Å². The Morgan fingerprint density at radius 2 is 2.10 bits per heavy atom. The predicted octanol–water partition coefficient (Wildman–Crippen LogP) is 1.53. The summed E-state index contributed by atoms with van der Waals surface area (Å²) in [5.41, 5.74) is 1.75. The molecule has 3 aromatic rings. The van der Waals surface area contributed by atoms with Gasteiger partial charge in [0.15, 0.2) is 5.82 Å². The van der Waals surface area contributed by atoms with Gasteiger partial charge in [-0.3, -0.25) is 0 Å². The maximum Gasteiger partial charge on any atom is 0.258 e. The molecule has 0 fully saturated rings. The highest BCUT2D eigenvalue weighted by molar-refractivity contribution is 5.60. The van der Waals surface area contributed by atoms with Crippen molar-refractivity contribution in [1.82, 2.24) is 20.1 Å². The lowest BCUT2D eigenvalue weighted by atomic mass is 10.2. The molecular formula is C13H13N5O2. The van der Waals surface area contributed by atoms with Gasteiger partial charge in [-0.2, -0.15) is 4.98 Å². The van der Waals surface area contributed by atoms with E-state index in [2.05, 4.69) is 25.4 Å². The van der Waals surface area contributed by atoms with Crippen LogP contribution in [0.15, 0.2) is 41.2 Å². The maximum atomic E-state index is 8.75. The molecule has 3 rings (SSSR count). The molecule has 0 saturated heterocycles. The maximum absolute atomic E-state index is 8.75. The van der Waals surface area contributed by atoms with Gasteiger partial charge in [0.2, 0.25) is 5.82 Å². The molecule has 0 unspecified atom stereocenters. The van der Waals surface area contributed by atoms with Crippen molar-refractivity contribution < 1.29 is 9.63 Å². The first-order chi connectivity index (χ1) is 9.86. The standard InChI is InChI=1S/C13H13N5O2/c19-8-7-14-10-3-1-9(2-4-10)13-17-12(18-20-13)11-15-5-6-16-11/h1-6,14,19H,7-8H2,(H,15,16). The van der Waals surface area contributed by atoms with Gasteiger partial charge in [-0.25, -0.2) is 4.98 Å². The smallest absolute Gasteiger partial charge is 0.258 e. The monoisotopic (exact) mass is 271 g/mol. The quantitative estimate of drug-likeness (QED) is 0.650. The summed E-state index contributed by atoms with van der Waals surface area (Å²) in [4.78, 5) is 11.3. The van der Waals surface area contributed by atoms with Gasteiger partial charge in [-0.15, -0.1) is 0 Å². The lowest BCUT2D eigenvalue weighted by molar-refractivity contribution is 0.311. The SMILES string of the molecule is OCCNc1ccc(-c2nc(-c3ncc[nH]3)no2)cc1. The highest BCUT2D eigenvalue weighted by atomic mass is 16.5. The van der Waals surface area contributed by atoms with E-state index in [1.54, 1.807) is 12.4 Å². The molecule has 0 radical (unpaired) electrons. The Labute approximate surface area is 114 Å². The molecular weight excluding hydrogens is 258 g/mol. The van der Waals surface area contributed by atoms with E-state index in [0.717, 1.165) is 11.3 Å². The van der Waals surface area contributed by atoms with Crippen LogP contribution in [0, 0.1) is 0 Å². The summed E-state index contributed by atoms with van der Waals surface area (Å²) >= 11 is 0. The molecule has 0 amide bonds. The Balaban J connectivity index is 1.79. The summed E-state index contributed by atoms with van der Waals surface area (Å²) in [6.07, 6.45) is 3.33. The zero-order chi connectivity index (χ0) is 13.8. The molecule has 0 saturated carbocycles. The van der Waals surface area contributed by atoms with Crippen LogP contribution < -0.4 is 5.32 Å². The lowest BCUT2D eigenvalue weighted by Crippen LogP contribution is -2.04. The molecule has 0 bridgehead atoms. The first-order valence-corrected chi connectivity index (χ1v) is 6.15. The van der Waals surface area contributed by atoms with Crippen LogP contribution in [-0.4, -0.2) is 38.4 Å². The van der Waals surface area contributed by atoms with E-state index in [1.807, 2.05) is 24.3 Å². The molecule has 3 N–H and O–H groups in total. The van der Waals surface area contributed by atoms with Crippen molar-refractivity contribution in [1.29, 1.82) is 0 Å². The summed E-state index contributed by atoms with van der Waals surface area (Å²) in [6, 6.07) is 7.53. The fourth-order valence-electron chi connectivity index (χ4n) is 1.76. The topological polar surface area (TPSA) is 99.9 Å². The van der Waals surface area contributed by atoms with Crippen LogP contribution in [0.4, 0.5) is 5.69 Å². The molecule has 0 aliphatic heterocycles. The zero-order valence-corrected chi connectivity index (χ0v) is 10.6. The Morgan fingerprint density at radius 3 is 2.80 bits per heavy atom. The lowest BCUT2D eigenvalue weighted by Gasteiger charge is -2.03. The van der Waals surface area contributed by atoms with Crippen molar-refractivity contribution in [3.63, 3.8) is 0 Å². The van der Waals surface area contributed by atoms with E-state index in [4.69, 9.17) is 9.63 Å². The minimum Gasteiger partial charge on any atom is -0.395 e. The number of aromatic amines is 1. The molecule has 2 heterocycles. The van der Waals surface area contributed by atoms with Gasteiger partial charge in [0.1, 0.15) is 0 Å². The molecule has 2 aromatic heterocycles. The number of nitrogens with zero attached hydrogens (tertiary/aromatic N) is 3. The molecule has 0 spiro atoms. The number of benzene rings is 1. The van der Waals surface area contributed by atoms with Crippen molar-refractivity contribution in [3.8, 4) is 23.1 Å². The second-order valence-electron chi connectivity index (χ2n) is 4.09. The number of hydrogen-bond donors (Lipinski definition) is 3. The second-order valence-corrected chi connectivity index (χ2v) is 4.09. The van der Waals surface area contributed by atoms with E-state index in [1.165, 1.54) is 0 Å². The van der Waals surface area contributed by atoms with Crippen LogP contribution in [0.3, 0.4) is 0 Å². The van der Waals surface area contributed by atoms with Crippen LogP contribution in [0.5, 0.6) is 0 Å². The number of H-pyrrole nitrogens is 1. The first-order valence-electron chi connectivity index (χ1n) is 6.15. The minimum absolute atomic E-state index is 0.0952. The third kappa shape index (κ3) is 2.52. The molecule has 7 nitrogen and oxygen atoms in total. The third-order valence-electron chi connectivity index (χ3n) is 2.71. The number of nitrogens with one attached hydrogen (secondary N) is 2. The zero-order valence-electron chi connectivity index (χ0n) is 10.6. The largest absolute Gasteiger partial charge is 0.395 e. The highest BCUT2D eigenvalue weighted by Crippen LogP contribution is 2.21. The fourth-order valence-corrected chi connectivity index (χ4v) is 1.76. The molecule has 1 aromatic carbocycles. The number of rotatable bonds is 5. The van der Waals surface area contributed by atoms with Crippen molar-refractivity contribution >= 4 is 5.69 Å². The van der Waals surface area contributed by atoms with Gasteiger partial charge in [0.25, 0.3) is 5.89 Å². The van der Waals surface area contributed by atoms with Crippen LogP contribution in [0.25, 0.3) is 23.1 Å². The van der Waals surface area contributed by atoms with Crippen molar-refractivity contribution in [2.75, 3.05) is 18.5 Å². The average Bonchev–Trinajstić information content (AvgIpc) is 3.16. The van der Waals surface area contributed by atoms with Crippen LogP contribution in [-0.2, 0) is 0 Å². The van der Waals surface area contributed by atoms with E-state index in [0.29, 0.717) is 24.1 Å². The Hall–Kier alpha value is -2.67. The van der Waals surface area contributed by atoms with Gasteiger partial charge in [-0.05, 0) is 24.3 Å². The fraction of sp³-hybridized carbons (Fsp3) is 0.154. The number of anilines is 1. The molecule has 0 aliphatic rings. The number of imidazole rings is 1. The summed E-state index contributed by atoms with van der Waals surface area (Å²) in [6.45, 7) is 0.612. The van der Waals surface area contributed by atoms with Crippen molar-refractivity contribution in [2.24, 2.45) is 0 Å². The molecule has 7 heteroatoms. The molecule has 0 atom stereocenters. The Bertz CT molecular complexity index is 660. The summed E-state index contributed by atoms with van der Waals surface area (Å²) < 4.78 is 5.21. The minimum atomic E-state index is 0.0952. The second kappa shape index (κ2) is 5.54. The summed E-state index contributed by atoms with van der Waals surface area (Å²) in [7, 11) is 0. The van der Waals surface area contributed by atoms with Crippen LogP contribution >= 0.6 is 0 Å². The Kier molecular flexibility index (Phi) is 3.42. The molecule has 20 heavy (non-hydrogen) atoms. The third-order valence-corrected chi connectivity index (χ3v) is 2.71. The van der Waals surface area contributed by atoms with E-state index in [-0.39, 0.29) is 6.61 Å². The van der Waals surface area contributed by atoms with Gasteiger partial charge in [-0.1, -0.05) is 5.16 Å². The number of aromatic nitrogens is 4. The van der Waals surface area contributed by atoms with E-state index >= 15 is 0 Å². The van der Waals surface area contributed by atoms with Gasteiger partial charge in [0.05, 0.1) is 6.61 Å². The van der Waals surface area contributed by atoms with Gasteiger partial charge in [0, 0.05) is 30.2 Å². The number of aliphatic hydroxyl groups excluding tert-OH is 1. The predicted molar refractivity (Wildman–Crippen MR) is 72.9 cm³/mol. The first kappa shape index (κ1) is 12.4. The van der Waals surface area contributed by atoms with E-state index in [9.17, 15) is 0 Å². The highest BCUT2D eigenvalue weighted by Gasteiger charge is 2.11. The number of hydrogen-bond acceptors (Lipinski definition) is 6. The summed E-state index contributed by atoms with van der Waals surface area (Å²) in [5.74, 6) is 1.43. The van der Waals surface area contributed by atoms with Gasteiger partial charge < -0.3 is 19.9 Å². The number of aliphatic hydroxyl groups is 1. The van der Waals surface area contributed by atoms with E-state index < -0.39 is 0 Å². The Morgan fingerprint density at radius 1 is 1.25 bits per heavy atom. The van der Waals surface area contributed by atoms with Gasteiger partial charge >= 0.3 is 0 Å². The molecule has 102 valence electrons. The average molecular weight is 271 g/mol. The van der Waals surface area contributed by atoms with Crippen LogP contribution in [0.1, 0.15) is 0 Å². The molecule has 0 aliphatic carbocycles. The van der Waals surface area contributed by atoms with Crippen LogP contribution in [0.2, 0.25) is 0 Å².